The molecule has 0 aliphatic rings. The maximum Gasteiger partial charge on any atom is 0.265 e. The molecule has 2 rings (SSSR count). The zero-order valence-corrected chi connectivity index (χ0v) is 11.4. The molecule has 0 aromatic heterocycles. The van der Waals surface area contributed by atoms with Crippen LogP contribution in [0.15, 0.2) is 48.5 Å². The van der Waals surface area contributed by atoms with E-state index in [1.807, 2.05) is 6.07 Å². The second kappa shape index (κ2) is 5.47. The van der Waals surface area contributed by atoms with Gasteiger partial charge in [-0.25, -0.2) is 0 Å². The van der Waals surface area contributed by atoms with Crippen LogP contribution in [0.1, 0.15) is 6.92 Å². The number of phenols is 2. The van der Waals surface area contributed by atoms with Crippen LogP contribution in [-0.2, 0) is 9.09 Å². The average Bonchev–Trinajstić information content (AvgIpc) is 2.42. The predicted molar refractivity (Wildman–Crippen MR) is 74.7 cm³/mol. The Labute approximate surface area is 111 Å². The molecule has 0 heterocycles. The van der Waals surface area contributed by atoms with Gasteiger partial charge in [0.1, 0.15) is 11.5 Å². The van der Waals surface area contributed by atoms with Gasteiger partial charge in [0, 0.05) is 5.30 Å². The fourth-order valence-electron chi connectivity index (χ4n) is 1.84. The van der Waals surface area contributed by atoms with E-state index in [2.05, 4.69) is 0 Å². The van der Waals surface area contributed by atoms with Gasteiger partial charge in [0.05, 0.1) is 11.9 Å². The van der Waals surface area contributed by atoms with Crippen molar-refractivity contribution >= 4 is 18.0 Å². The molecule has 100 valence electrons. The molecule has 0 spiro atoms. The Morgan fingerprint density at radius 1 is 1.11 bits per heavy atom. The fraction of sp³-hybridized carbons (Fsp3) is 0.143. The molecule has 0 saturated heterocycles. The molecule has 4 nitrogen and oxygen atoms in total. The SMILES string of the molecule is CCOP(=O)(c1ccccc1)c1cc(O)ccc1O. The highest BCUT2D eigenvalue weighted by Crippen LogP contribution is 2.47. The Balaban J connectivity index is 2.63. The van der Waals surface area contributed by atoms with Crippen molar-refractivity contribution in [3.05, 3.63) is 48.5 Å². The van der Waals surface area contributed by atoms with Crippen molar-refractivity contribution in [3.8, 4) is 11.5 Å². The van der Waals surface area contributed by atoms with Crippen molar-refractivity contribution in [1.29, 1.82) is 0 Å². The minimum absolute atomic E-state index is 0.0661. The first-order valence-corrected chi connectivity index (χ1v) is 7.53. The van der Waals surface area contributed by atoms with Crippen molar-refractivity contribution in [2.24, 2.45) is 0 Å². The maximum atomic E-state index is 13.1. The summed E-state index contributed by atoms with van der Waals surface area (Å²) in [7, 11) is -3.40. The molecular weight excluding hydrogens is 263 g/mol. The number of phenolic OH excluding ortho intramolecular Hbond substituents is 2. The molecule has 0 fully saturated rings. The lowest BCUT2D eigenvalue weighted by Crippen LogP contribution is -2.18. The smallest absolute Gasteiger partial charge is 0.265 e. The summed E-state index contributed by atoms with van der Waals surface area (Å²) in [5, 5.41) is 20.0. The van der Waals surface area contributed by atoms with Crippen LogP contribution in [0.2, 0.25) is 0 Å². The highest BCUT2D eigenvalue weighted by molar-refractivity contribution is 7.74. The van der Waals surface area contributed by atoms with Gasteiger partial charge >= 0.3 is 0 Å². The molecule has 0 bridgehead atoms. The Morgan fingerprint density at radius 2 is 1.79 bits per heavy atom. The summed E-state index contributed by atoms with van der Waals surface area (Å²) in [5.74, 6) is -0.220. The van der Waals surface area contributed by atoms with Crippen molar-refractivity contribution < 1.29 is 19.3 Å². The summed E-state index contributed by atoms with van der Waals surface area (Å²) in [4.78, 5) is 0. The third kappa shape index (κ3) is 2.65. The molecule has 5 heteroatoms. The molecule has 1 atom stereocenters. The molecule has 0 aliphatic carbocycles. The van der Waals surface area contributed by atoms with E-state index < -0.39 is 7.37 Å². The predicted octanol–water partition coefficient (Wildman–Crippen LogP) is 2.36. The van der Waals surface area contributed by atoms with E-state index in [0.717, 1.165) is 0 Å². The van der Waals surface area contributed by atoms with Crippen LogP contribution in [-0.4, -0.2) is 16.8 Å². The van der Waals surface area contributed by atoms with Crippen molar-refractivity contribution in [3.63, 3.8) is 0 Å². The highest BCUT2D eigenvalue weighted by atomic mass is 31.2. The van der Waals surface area contributed by atoms with Gasteiger partial charge in [-0.3, -0.25) is 4.57 Å². The first-order chi connectivity index (χ1) is 9.08. The fourth-order valence-corrected chi connectivity index (χ4v) is 4.01. The molecule has 2 N–H and O–H groups in total. The summed E-state index contributed by atoms with van der Waals surface area (Å²) < 4.78 is 18.5. The summed E-state index contributed by atoms with van der Waals surface area (Å²) in [6.07, 6.45) is 0. The van der Waals surface area contributed by atoms with Gasteiger partial charge < -0.3 is 14.7 Å². The van der Waals surface area contributed by atoms with E-state index >= 15 is 0 Å². The number of rotatable bonds is 4. The maximum absolute atomic E-state index is 13.1. The third-order valence-corrected chi connectivity index (χ3v) is 5.28. The van der Waals surface area contributed by atoms with Crippen molar-refractivity contribution in [2.45, 2.75) is 6.92 Å². The summed E-state index contributed by atoms with van der Waals surface area (Å²) in [5.41, 5.74) is 0. The second-order valence-electron chi connectivity index (χ2n) is 3.98. The standard InChI is InChI=1S/C14H15O4P/c1-2-18-19(17,12-6-4-3-5-7-12)14-10-11(15)8-9-13(14)16/h3-10,15-16H,2H2,1H3. The minimum atomic E-state index is -3.40. The van der Waals surface area contributed by atoms with E-state index in [4.69, 9.17) is 4.52 Å². The summed E-state index contributed by atoms with van der Waals surface area (Å²) in [6.45, 7) is 1.97. The molecule has 19 heavy (non-hydrogen) atoms. The number of benzene rings is 2. The van der Waals surface area contributed by atoms with Crippen molar-refractivity contribution in [1.82, 2.24) is 0 Å². The largest absolute Gasteiger partial charge is 0.508 e. The Kier molecular flexibility index (Phi) is 3.93. The Hall–Kier alpha value is -1.77. The quantitative estimate of drug-likeness (QED) is 0.665. The zero-order valence-electron chi connectivity index (χ0n) is 10.5. The van der Waals surface area contributed by atoms with Gasteiger partial charge in [-0.15, -0.1) is 0 Å². The lowest BCUT2D eigenvalue weighted by molar-refractivity contribution is 0.347. The van der Waals surface area contributed by atoms with E-state index in [1.165, 1.54) is 18.2 Å². The van der Waals surface area contributed by atoms with Gasteiger partial charge in [-0.05, 0) is 37.3 Å². The Morgan fingerprint density at radius 3 is 2.42 bits per heavy atom. The molecule has 0 radical (unpaired) electrons. The van der Waals surface area contributed by atoms with Gasteiger partial charge in [-0.1, -0.05) is 18.2 Å². The van der Waals surface area contributed by atoms with Gasteiger partial charge in [-0.2, -0.15) is 0 Å². The van der Waals surface area contributed by atoms with Crippen molar-refractivity contribution in [2.75, 3.05) is 6.61 Å². The molecule has 1 unspecified atom stereocenters. The van der Waals surface area contributed by atoms with Gasteiger partial charge in [0.15, 0.2) is 0 Å². The molecule has 0 aliphatic heterocycles. The number of hydrogen-bond donors (Lipinski definition) is 2. The molecule has 0 amide bonds. The van der Waals surface area contributed by atoms with Crippen LogP contribution in [0, 0.1) is 0 Å². The zero-order chi connectivity index (χ0) is 13.9. The lowest BCUT2D eigenvalue weighted by Gasteiger charge is -2.19. The van der Waals surface area contributed by atoms with Crippen LogP contribution in [0.5, 0.6) is 11.5 Å². The van der Waals surface area contributed by atoms with E-state index in [1.54, 1.807) is 31.2 Å². The summed E-state index contributed by atoms with van der Waals surface area (Å²) in [6, 6.07) is 12.6. The molecular formula is C14H15O4P. The molecule has 2 aromatic carbocycles. The van der Waals surface area contributed by atoms with Gasteiger partial charge in [0.2, 0.25) is 0 Å². The van der Waals surface area contributed by atoms with E-state index in [0.29, 0.717) is 5.30 Å². The van der Waals surface area contributed by atoms with Crippen LogP contribution >= 0.6 is 7.37 Å². The Bertz CT molecular complexity index is 610. The van der Waals surface area contributed by atoms with E-state index in [-0.39, 0.29) is 23.4 Å². The third-order valence-electron chi connectivity index (χ3n) is 2.68. The second-order valence-corrected chi connectivity index (χ2v) is 6.34. The topological polar surface area (TPSA) is 66.8 Å². The van der Waals surface area contributed by atoms with Crippen LogP contribution in [0.4, 0.5) is 0 Å². The lowest BCUT2D eigenvalue weighted by atomic mass is 10.3. The van der Waals surface area contributed by atoms with Crippen LogP contribution in [0.25, 0.3) is 0 Å². The number of aromatic hydroxyl groups is 2. The van der Waals surface area contributed by atoms with E-state index in [9.17, 15) is 14.8 Å². The summed E-state index contributed by atoms with van der Waals surface area (Å²) >= 11 is 0. The average molecular weight is 278 g/mol. The monoisotopic (exact) mass is 278 g/mol. The van der Waals surface area contributed by atoms with Gasteiger partial charge in [0.25, 0.3) is 7.37 Å². The highest BCUT2D eigenvalue weighted by Gasteiger charge is 2.31. The number of hydrogen-bond acceptors (Lipinski definition) is 4. The van der Waals surface area contributed by atoms with Crippen LogP contribution < -0.4 is 10.6 Å². The minimum Gasteiger partial charge on any atom is -0.508 e. The normalized spacial score (nSPS) is 13.9. The first kappa shape index (κ1) is 13.7. The molecule has 0 saturated carbocycles. The molecule has 2 aromatic rings. The first-order valence-electron chi connectivity index (χ1n) is 5.90. The van der Waals surface area contributed by atoms with Crippen LogP contribution in [0.3, 0.4) is 0 Å².